The van der Waals surface area contributed by atoms with E-state index < -0.39 is 0 Å². The average molecular weight is 332 g/mol. The fraction of sp³-hybridized carbons (Fsp3) is 0.125. The summed E-state index contributed by atoms with van der Waals surface area (Å²) in [6, 6.07) is 8.68. The molecule has 0 bridgehead atoms. The summed E-state index contributed by atoms with van der Waals surface area (Å²) in [6.07, 6.45) is 1.53. The quantitative estimate of drug-likeness (QED) is 0.876. The first-order valence-corrected chi connectivity index (χ1v) is 7.15. The number of furan rings is 1. The third-order valence-corrected chi connectivity index (χ3v) is 3.82. The molecule has 0 fully saturated rings. The molecule has 3 rings (SSSR count). The van der Waals surface area contributed by atoms with Gasteiger partial charge < -0.3 is 14.9 Å². The van der Waals surface area contributed by atoms with Crippen molar-refractivity contribution in [3.63, 3.8) is 0 Å². The molecule has 0 unspecified atom stereocenters. The van der Waals surface area contributed by atoms with Crippen LogP contribution in [0.4, 0.5) is 0 Å². The molecule has 1 aliphatic rings. The molecule has 6 nitrogen and oxygen atoms in total. The Morgan fingerprint density at radius 2 is 2.17 bits per heavy atom. The van der Waals surface area contributed by atoms with Crippen LogP contribution in [-0.2, 0) is 4.79 Å². The Bertz CT molecular complexity index is 825. The molecular weight excluding hydrogens is 318 g/mol. The molecule has 1 amide bonds. The fourth-order valence-corrected chi connectivity index (χ4v) is 2.56. The number of carbonyl (C=O) groups is 1. The normalized spacial score (nSPS) is 16.6. The second-order valence-electron chi connectivity index (χ2n) is 4.88. The lowest BCUT2D eigenvalue weighted by Gasteiger charge is -2.11. The van der Waals surface area contributed by atoms with Gasteiger partial charge in [0.15, 0.2) is 0 Å². The zero-order valence-electron chi connectivity index (χ0n) is 12.5. The number of hydrogen-bond donors (Lipinski definition) is 1. The van der Waals surface area contributed by atoms with Gasteiger partial charge in [0.05, 0.1) is 24.0 Å². The van der Waals surface area contributed by atoms with Crippen LogP contribution in [0.25, 0.3) is 5.57 Å². The van der Waals surface area contributed by atoms with E-state index in [9.17, 15) is 4.79 Å². The van der Waals surface area contributed by atoms with Crippen molar-refractivity contribution in [1.82, 2.24) is 4.90 Å². The maximum absolute atomic E-state index is 12.4. The first-order chi connectivity index (χ1) is 11.0. The van der Waals surface area contributed by atoms with Gasteiger partial charge >= 0.3 is 0 Å². The molecule has 1 aromatic carbocycles. The van der Waals surface area contributed by atoms with E-state index in [-0.39, 0.29) is 17.6 Å². The zero-order valence-corrected chi connectivity index (χ0v) is 13.3. The number of rotatable bonds is 3. The van der Waals surface area contributed by atoms with Crippen molar-refractivity contribution in [2.45, 2.75) is 0 Å². The van der Waals surface area contributed by atoms with Crippen LogP contribution in [-0.4, -0.2) is 30.9 Å². The minimum absolute atomic E-state index is 0.133. The lowest BCUT2D eigenvalue weighted by molar-refractivity contribution is -0.121. The van der Waals surface area contributed by atoms with Crippen LogP contribution >= 0.6 is 11.6 Å². The van der Waals surface area contributed by atoms with E-state index in [1.807, 2.05) is 0 Å². The molecule has 0 aliphatic carbocycles. The largest absolute Gasteiger partial charge is 0.495 e. The SMILES string of the molecule is COc1ccc(C(=C2N=C(N)N(C)C2=O)c2ccco2)cc1Cl. The van der Waals surface area contributed by atoms with Gasteiger partial charge in [0.1, 0.15) is 17.2 Å². The Morgan fingerprint density at radius 1 is 1.39 bits per heavy atom. The number of nitrogens with zero attached hydrogens (tertiary/aromatic N) is 2. The number of halogens is 1. The number of hydrogen-bond acceptors (Lipinski definition) is 5. The summed E-state index contributed by atoms with van der Waals surface area (Å²) in [7, 11) is 3.10. The van der Waals surface area contributed by atoms with Gasteiger partial charge in [-0.3, -0.25) is 9.69 Å². The fourth-order valence-electron chi connectivity index (χ4n) is 2.30. The first kappa shape index (κ1) is 15.2. The maximum Gasteiger partial charge on any atom is 0.279 e. The third-order valence-electron chi connectivity index (χ3n) is 3.52. The topological polar surface area (TPSA) is 81.1 Å². The summed E-state index contributed by atoms with van der Waals surface area (Å²) in [4.78, 5) is 17.9. The molecule has 0 atom stereocenters. The standard InChI is InChI=1S/C16H14ClN3O3/c1-20-15(21)14(19-16(20)18)13(12-4-3-7-23-12)9-5-6-11(22-2)10(17)8-9/h3-8H,1-2H3,(H2,18,19). The Balaban J connectivity index is 2.23. The summed E-state index contributed by atoms with van der Waals surface area (Å²) in [5, 5.41) is 0.422. The van der Waals surface area contributed by atoms with Gasteiger partial charge in [-0.2, -0.15) is 0 Å². The molecule has 2 heterocycles. The molecule has 23 heavy (non-hydrogen) atoms. The molecule has 7 heteroatoms. The van der Waals surface area contributed by atoms with Gasteiger partial charge in [0.2, 0.25) is 5.96 Å². The first-order valence-electron chi connectivity index (χ1n) is 6.77. The van der Waals surface area contributed by atoms with Gasteiger partial charge in [-0.05, 0) is 29.8 Å². The maximum atomic E-state index is 12.4. The smallest absolute Gasteiger partial charge is 0.279 e. The Labute approximate surface area is 137 Å². The predicted molar refractivity (Wildman–Crippen MR) is 87.1 cm³/mol. The summed E-state index contributed by atoms with van der Waals surface area (Å²) in [5.41, 5.74) is 7.16. The van der Waals surface area contributed by atoms with Crippen LogP contribution in [0.1, 0.15) is 11.3 Å². The van der Waals surface area contributed by atoms with Crippen LogP contribution in [0, 0.1) is 0 Å². The number of methoxy groups -OCH3 is 1. The van der Waals surface area contributed by atoms with Crippen molar-refractivity contribution >= 4 is 29.0 Å². The number of likely N-dealkylation sites (N-methyl/N-ethyl adjacent to an activating group) is 1. The second-order valence-corrected chi connectivity index (χ2v) is 5.29. The van der Waals surface area contributed by atoms with Crippen LogP contribution in [0.2, 0.25) is 5.02 Å². The van der Waals surface area contributed by atoms with Crippen molar-refractivity contribution in [3.8, 4) is 5.75 Å². The van der Waals surface area contributed by atoms with Gasteiger partial charge in [-0.25, -0.2) is 4.99 Å². The van der Waals surface area contributed by atoms with E-state index in [0.717, 1.165) is 0 Å². The Morgan fingerprint density at radius 3 is 2.70 bits per heavy atom. The molecule has 118 valence electrons. The highest BCUT2D eigenvalue weighted by Gasteiger charge is 2.30. The molecule has 0 spiro atoms. The molecule has 1 aromatic heterocycles. The van der Waals surface area contributed by atoms with E-state index >= 15 is 0 Å². The predicted octanol–water partition coefficient (Wildman–Crippen LogP) is 2.49. The highest BCUT2D eigenvalue weighted by Crippen LogP contribution is 2.34. The minimum Gasteiger partial charge on any atom is -0.495 e. The number of benzene rings is 1. The van der Waals surface area contributed by atoms with Crippen LogP contribution in [0.15, 0.2) is 51.7 Å². The van der Waals surface area contributed by atoms with Crippen LogP contribution < -0.4 is 10.5 Å². The monoisotopic (exact) mass is 331 g/mol. The average Bonchev–Trinajstić information content (AvgIpc) is 3.14. The van der Waals surface area contributed by atoms with Gasteiger partial charge in [0.25, 0.3) is 5.91 Å². The van der Waals surface area contributed by atoms with E-state index in [4.69, 9.17) is 26.5 Å². The summed E-state index contributed by atoms with van der Waals surface area (Å²) < 4.78 is 10.6. The number of ether oxygens (including phenoxy) is 1. The van der Waals surface area contributed by atoms with Gasteiger partial charge in [-0.15, -0.1) is 0 Å². The second kappa shape index (κ2) is 5.81. The van der Waals surface area contributed by atoms with Crippen molar-refractivity contribution in [2.75, 3.05) is 14.2 Å². The molecular formula is C16H14ClN3O3. The lowest BCUT2D eigenvalue weighted by atomic mass is 10.0. The number of aliphatic imine (C=N–C) groups is 1. The van der Waals surface area contributed by atoms with Crippen LogP contribution in [0.3, 0.4) is 0 Å². The van der Waals surface area contributed by atoms with Crippen molar-refractivity contribution in [1.29, 1.82) is 0 Å². The summed E-state index contributed by atoms with van der Waals surface area (Å²) in [6.45, 7) is 0. The highest BCUT2D eigenvalue weighted by molar-refractivity contribution is 6.32. The Kier molecular flexibility index (Phi) is 3.83. The molecule has 0 radical (unpaired) electrons. The van der Waals surface area contributed by atoms with E-state index in [1.54, 1.807) is 37.4 Å². The molecule has 2 aromatic rings. The number of amides is 1. The lowest BCUT2D eigenvalue weighted by Crippen LogP contribution is -2.33. The van der Waals surface area contributed by atoms with E-state index in [1.165, 1.54) is 18.3 Å². The zero-order chi connectivity index (χ0) is 16.6. The van der Waals surface area contributed by atoms with Crippen LogP contribution in [0.5, 0.6) is 5.75 Å². The van der Waals surface area contributed by atoms with Gasteiger partial charge in [0, 0.05) is 7.05 Å². The third kappa shape index (κ3) is 2.57. The Hall–Kier alpha value is -2.73. The van der Waals surface area contributed by atoms with Gasteiger partial charge in [-0.1, -0.05) is 17.7 Å². The summed E-state index contributed by atoms with van der Waals surface area (Å²) >= 11 is 6.20. The number of guanidine groups is 1. The molecule has 2 N–H and O–H groups in total. The van der Waals surface area contributed by atoms with E-state index in [0.29, 0.717) is 27.7 Å². The minimum atomic E-state index is -0.305. The van der Waals surface area contributed by atoms with Crippen molar-refractivity contribution < 1.29 is 13.9 Å². The highest BCUT2D eigenvalue weighted by atomic mass is 35.5. The van der Waals surface area contributed by atoms with Crippen molar-refractivity contribution in [3.05, 3.63) is 58.6 Å². The number of nitrogens with two attached hydrogens (primary N) is 1. The molecule has 1 aliphatic heterocycles. The molecule has 0 saturated carbocycles. The summed E-state index contributed by atoms with van der Waals surface area (Å²) in [5.74, 6) is 0.869. The van der Waals surface area contributed by atoms with Crippen molar-refractivity contribution in [2.24, 2.45) is 10.7 Å². The van der Waals surface area contributed by atoms with E-state index in [2.05, 4.69) is 4.99 Å². The molecule has 0 saturated heterocycles. The number of carbonyl (C=O) groups excluding carboxylic acids is 1.